The number of carbonyl (C=O) groups excluding carboxylic acids is 1. The first-order chi connectivity index (χ1) is 8.63. The van der Waals surface area contributed by atoms with E-state index in [1.54, 1.807) is 4.90 Å². The van der Waals surface area contributed by atoms with Gasteiger partial charge in [0.25, 0.3) is 5.91 Å². The minimum Gasteiger partial charge on any atom is -0.377 e. The van der Waals surface area contributed by atoms with Crippen molar-refractivity contribution < 1.29 is 13.9 Å². The lowest BCUT2D eigenvalue weighted by Gasteiger charge is -2.34. The van der Waals surface area contributed by atoms with Gasteiger partial charge in [0.2, 0.25) is 0 Å². The molecule has 0 radical (unpaired) electrons. The lowest BCUT2D eigenvalue weighted by Crippen LogP contribution is -2.49. The van der Waals surface area contributed by atoms with E-state index in [2.05, 4.69) is 0 Å². The van der Waals surface area contributed by atoms with Crippen molar-refractivity contribution in [3.63, 3.8) is 0 Å². The van der Waals surface area contributed by atoms with Crippen molar-refractivity contribution in [2.24, 2.45) is 0 Å². The maximum absolute atomic E-state index is 13.0. The number of rotatable bonds is 2. The number of nitrogens with zero attached hydrogens (tertiary/aromatic N) is 1. The third kappa shape index (κ3) is 2.95. The number of carbonyl (C=O) groups is 1. The second kappa shape index (κ2) is 6.16. The van der Waals surface area contributed by atoms with Crippen molar-refractivity contribution >= 4 is 40.1 Å². The Morgan fingerprint density at radius 3 is 3.06 bits per heavy atom. The van der Waals surface area contributed by atoms with Crippen LogP contribution in [-0.2, 0) is 4.74 Å². The van der Waals surface area contributed by atoms with Crippen molar-refractivity contribution in [2.45, 2.75) is 6.04 Å². The standard InChI is InChI=1S/C12H12ClFINO2/c13-6-9-7-18-4-3-16(9)12(17)10-2-1-8(14)5-11(10)15/h1-2,5,9H,3-4,6-7H2. The fourth-order valence-electron chi connectivity index (χ4n) is 1.87. The molecule has 6 heteroatoms. The van der Waals surface area contributed by atoms with Crippen LogP contribution in [0.4, 0.5) is 4.39 Å². The molecule has 1 amide bonds. The van der Waals surface area contributed by atoms with Gasteiger partial charge in [-0.2, -0.15) is 0 Å². The van der Waals surface area contributed by atoms with Gasteiger partial charge in [0.15, 0.2) is 0 Å². The van der Waals surface area contributed by atoms with Crippen molar-refractivity contribution in [2.75, 3.05) is 25.6 Å². The number of amides is 1. The van der Waals surface area contributed by atoms with E-state index in [0.717, 1.165) is 0 Å². The molecule has 0 aromatic heterocycles. The monoisotopic (exact) mass is 383 g/mol. The number of halogens is 3. The number of ether oxygens (including phenoxy) is 1. The predicted molar refractivity (Wildman–Crippen MR) is 75.5 cm³/mol. The molecule has 0 spiro atoms. The highest BCUT2D eigenvalue weighted by atomic mass is 127. The number of hydrogen-bond acceptors (Lipinski definition) is 2. The number of alkyl halides is 1. The lowest BCUT2D eigenvalue weighted by molar-refractivity contribution is 0.00450. The molecule has 3 nitrogen and oxygen atoms in total. The first kappa shape index (κ1) is 14.0. The first-order valence-electron chi connectivity index (χ1n) is 5.53. The average molecular weight is 384 g/mol. The average Bonchev–Trinajstić information content (AvgIpc) is 2.38. The normalized spacial score (nSPS) is 19.9. The van der Waals surface area contributed by atoms with Crippen molar-refractivity contribution in [3.8, 4) is 0 Å². The predicted octanol–water partition coefficient (Wildman–Crippen LogP) is 2.51. The Hall–Kier alpha value is -0.400. The van der Waals surface area contributed by atoms with E-state index < -0.39 is 0 Å². The maximum Gasteiger partial charge on any atom is 0.255 e. The fraction of sp³-hybridized carbons (Fsp3) is 0.417. The molecule has 1 saturated heterocycles. The molecular weight excluding hydrogens is 371 g/mol. The van der Waals surface area contributed by atoms with E-state index in [9.17, 15) is 9.18 Å². The van der Waals surface area contributed by atoms with E-state index in [0.29, 0.717) is 34.8 Å². The molecule has 98 valence electrons. The van der Waals surface area contributed by atoms with E-state index in [-0.39, 0.29) is 17.8 Å². The van der Waals surface area contributed by atoms with Gasteiger partial charge in [-0.05, 0) is 40.8 Å². The molecule has 1 atom stereocenters. The second-order valence-corrected chi connectivity index (χ2v) is 5.48. The van der Waals surface area contributed by atoms with E-state index in [4.69, 9.17) is 16.3 Å². The van der Waals surface area contributed by atoms with Gasteiger partial charge in [0, 0.05) is 16.0 Å². The third-order valence-electron chi connectivity index (χ3n) is 2.83. The summed E-state index contributed by atoms with van der Waals surface area (Å²) in [4.78, 5) is 14.1. The van der Waals surface area contributed by atoms with Gasteiger partial charge in [0.1, 0.15) is 5.82 Å². The Bertz CT molecular complexity index is 458. The molecule has 1 unspecified atom stereocenters. The molecule has 0 bridgehead atoms. The van der Waals surface area contributed by atoms with Crippen molar-refractivity contribution in [3.05, 3.63) is 33.1 Å². The maximum atomic E-state index is 13.0. The Morgan fingerprint density at radius 2 is 2.39 bits per heavy atom. The zero-order chi connectivity index (χ0) is 13.1. The SMILES string of the molecule is O=C(c1ccc(F)cc1I)N1CCOCC1CCl. The summed E-state index contributed by atoms with van der Waals surface area (Å²) >= 11 is 7.80. The number of morpholine rings is 1. The van der Waals surface area contributed by atoms with Gasteiger partial charge in [-0.1, -0.05) is 0 Å². The molecule has 1 aliphatic rings. The van der Waals surface area contributed by atoms with Gasteiger partial charge in [-0.15, -0.1) is 11.6 Å². The van der Waals surface area contributed by atoms with Crippen LogP contribution in [0.1, 0.15) is 10.4 Å². The second-order valence-electron chi connectivity index (χ2n) is 4.01. The van der Waals surface area contributed by atoms with Gasteiger partial charge < -0.3 is 9.64 Å². The molecule has 1 aliphatic heterocycles. The number of hydrogen-bond donors (Lipinski definition) is 0. The molecular formula is C12H12ClFINO2. The molecule has 0 N–H and O–H groups in total. The summed E-state index contributed by atoms with van der Waals surface area (Å²) in [6.07, 6.45) is 0. The van der Waals surface area contributed by atoms with E-state index in [1.807, 2.05) is 22.6 Å². The summed E-state index contributed by atoms with van der Waals surface area (Å²) in [6.45, 7) is 1.48. The molecule has 1 heterocycles. The van der Waals surface area contributed by atoms with E-state index >= 15 is 0 Å². The van der Waals surface area contributed by atoms with Crippen LogP contribution >= 0.6 is 34.2 Å². The summed E-state index contributed by atoms with van der Waals surface area (Å²) < 4.78 is 18.9. The van der Waals surface area contributed by atoms with Gasteiger partial charge >= 0.3 is 0 Å². The summed E-state index contributed by atoms with van der Waals surface area (Å²) in [7, 11) is 0. The third-order valence-corrected chi connectivity index (χ3v) is 4.08. The molecule has 2 rings (SSSR count). The molecule has 1 aromatic rings. The lowest BCUT2D eigenvalue weighted by atomic mass is 10.1. The van der Waals surface area contributed by atoms with E-state index in [1.165, 1.54) is 18.2 Å². The van der Waals surface area contributed by atoms with Crippen LogP contribution in [-0.4, -0.2) is 42.5 Å². The zero-order valence-electron chi connectivity index (χ0n) is 9.54. The smallest absolute Gasteiger partial charge is 0.255 e. The van der Waals surface area contributed by atoms with Crippen LogP contribution in [0.15, 0.2) is 18.2 Å². The summed E-state index contributed by atoms with van der Waals surface area (Å²) in [5.41, 5.74) is 0.508. The highest BCUT2D eigenvalue weighted by Crippen LogP contribution is 2.19. The minimum absolute atomic E-state index is 0.117. The highest BCUT2D eigenvalue weighted by Gasteiger charge is 2.28. The zero-order valence-corrected chi connectivity index (χ0v) is 12.4. The van der Waals surface area contributed by atoms with Crippen molar-refractivity contribution in [1.82, 2.24) is 4.90 Å². The van der Waals surface area contributed by atoms with Crippen LogP contribution in [0, 0.1) is 9.39 Å². The Labute approximate surface area is 123 Å². The largest absolute Gasteiger partial charge is 0.377 e. The minimum atomic E-state index is -0.341. The molecule has 1 fully saturated rings. The molecule has 0 saturated carbocycles. The quantitative estimate of drug-likeness (QED) is 0.580. The van der Waals surface area contributed by atoms with Crippen LogP contribution in [0.2, 0.25) is 0 Å². The van der Waals surface area contributed by atoms with Crippen LogP contribution in [0.5, 0.6) is 0 Å². The fourth-order valence-corrected chi connectivity index (χ4v) is 2.83. The molecule has 18 heavy (non-hydrogen) atoms. The van der Waals surface area contributed by atoms with Crippen LogP contribution < -0.4 is 0 Å². The molecule has 1 aromatic carbocycles. The van der Waals surface area contributed by atoms with Crippen LogP contribution in [0.3, 0.4) is 0 Å². The Balaban J connectivity index is 2.24. The first-order valence-corrected chi connectivity index (χ1v) is 7.14. The van der Waals surface area contributed by atoms with Crippen LogP contribution in [0.25, 0.3) is 0 Å². The summed E-state index contributed by atoms with van der Waals surface area (Å²) in [5, 5.41) is 0. The highest BCUT2D eigenvalue weighted by molar-refractivity contribution is 14.1. The summed E-state index contributed by atoms with van der Waals surface area (Å²) in [6, 6.07) is 4.05. The van der Waals surface area contributed by atoms with Gasteiger partial charge in [-0.3, -0.25) is 4.79 Å². The Kier molecular flexibility index (Phi) is 4.80. The summed E-state index contributed by atoms with van der Waals surface area (Å²) in [5.74, 6) is -0.121. The Morgan fingerprint density at radius 1 is 1.61 bits per heavy atom. The topological polar surface area (TPSA) is 29.5 Å². The molecule has 0 aliphatic carbocycles. The number of benzene rings is 1. The van der Waals surface area contributed by atoms with Crippen molar-refractivity contribution in [1.29, 1.82) is 0 Å². The van der Waals surface area contributed by atoms with Gasteiger partial charge in [-0.25, -0.2) is 4.39 Å². The van der Waals surface area contributed by atoms with Gasteiger partial charge in [0.05, 0.1) is 24.8 Å².